The van der Waals surface area contributed by atoms with Gasteiger partial charge in [-0.1, -0.05) is 37.3 Å². The van der Waals surface area contributed by atoms with E-state index in [-0.39, 0.29) is 17.7 Å². The topological polar surface area (TPSA) is 75.7 Å². The van der Waals surface area contributed by atoms with Crippen LogP contribution in [0.4, 0.5) is 5.69 Å². The van der Waals surface area contributed by atoms with Crippen molar-refractivity contribution < 1.29 is 17.9 Å². The van der Waals surface area contributed by atoms with Crippen LogP contribution in [0.5, 0.6) is 5.75 Å². The molecule has 8 heteroatoms. The maximum Gasteiger partial charge on any atom is 0.265 e. The van der Waals surface area contributed by atoms with Crippen LogP contribution in [-0.2, 0) is 9.84 Å². The highest BCUT2D eigenvalue weighted by atomic mass is 32.2. The van der Waals surface area contributed by atoms with E-state index < -0.39 is 9.84 Å². The number of nitrogens with zero attached hydrogens (tertiary/aromatic N) is 1. The molecule has 180 valence electrons. The summed E-state index contributed by atoms with van der Waals surface area (Å²) in [5.74, 6) is 0.631. The number of sulfone groups is 1. The van der Waals surface area contributed by atoms with Gasteiger partial charge >= 0.3 is 0 Å². The summed E-state index contributed by atoms with van der Waals surface area (Å²) < 4.78 is 29.8. The van der Waals surface area contributed by atoms with Crippen LogP contribution in [0, 0.1) is 0 Å². The average Bonchev–Trinajstić information content (AvgIpc) is 3.29. The lowest BCUT2D eigenvalue weighted by Crippen LogP contribution is -2.44. The average molecular weight is 499 g/mol. The normalized spacial score (nSPS) is 14.7. The number of nitrogens with one attached hydrogen (secondary N) is 1. The Morgan fingerprint density at radius 3 is 2.35 bits per heavy atom. The number of hydrogen-bond donors (Lipinski definition) is 1. The molecule has 1 saturated heterocycles. The molecule has 3 aromatic rings. The van der Waals surface area contributed by atoms with Gasteiger partial charge in [0.05, 0.1) is 17.3 Å². The first-order chi connectivity index (χ1) is 16.4. The number of rotatable bonds is 8. The highest BCUT2D eigenvalue weighted by Crippen LogP contribution is 2.36. The van der Waals surface area contributed by atoms with Gasteiger partial charge in [0.25, 0.3) is 5.91 Å². The number of amides is 1. The van der Waals surface area contributed by atoms with Crippen molar-refractivity contribution in [3.63, 3.8) is 0 Å². The summed E-state index contributed by atoms with van der Waals surface area (Å²) >= 11 is 1.46. The Morgan fingerprint density at radius 1 is 1.06 bits per heavy atom. The van der Waals surface area contributed by atoms with Gasteiger partial charge in [-0.2, -0.15) is 0 Å². The smallest absolute Gasteiger partial charge is 0.265 e. The van der Waals surface area contributed by atoms with E-state index in [9.17, 15) is 13.2 Å². The first kappa shape index (κ1) is 24.3. The van der Waals surface area contributed by atoms with E-state index in [1.807, 2.05) is 55.5 Å². The van der Waals surface area contributed by atoms with Gasteiger partial charge < -0.3 is 15.0 Å². The van der Waals surface area contributed by atoms with Gasteiger partial charge in [0.15, 0.2) is 9.84 Å². The van der Waals surface area contributed by atoms with E-state index in [4.69, 9.17) is 4.74 Å². The van der Waals surface area contributed by atoms with Crippen LogP contribution >= 0.6 is 11.3 Å². The third-order valence-electron chi connectivity index (χ3n) is 6.03. The molecule has 1 fully saturated rings. The maximum absolute atomic E-state index is 13.1. The van der Waals surface area contributed by atoms with Crippen molar-refractivity contribution in [2.75, 3.05) is 30.3 Å². The van der Waals surface area contributed by atoms with Gasteiger partial charge in [0, 0.05) is 29.7 Å². The minimum Gasteiger partial charge on any atom is -0.492 e. The minimum atomic E-state index is -3.19. The summed E-state index contributed by atoms with van der Waals surface area (Å²) in [4.78, 5) is 17.3. The molecule has 2 heterocycles. The summed E-state index contributed by atoms with van der Waals surface area (Å²) in [6.45, 7) is 5.66. The molecular formula is C26H30N2O4S2. The van der Waals surface area contributed by atoms with Crippen LogP contribution in [0.15, 0.2) is 65.6 Å². The van der Waals surface area contributed by atoms with Gasteiger partial charge in [-0.05, 0) is 55.7 Å². The predicted molar refractivity (Wildman–Crippen MR) is 138 cm³/mol. The molecule has 1 aliphatic rings. The van der Waals surface area contributed by atoms with Crippen molar-refractivity contribution in [2.24, 2.45) is 0 Å². The molecule has 1 N–H and O–H groups in total. The molecule has 4 rings (SSSR count). The third kappa shape index (κ3) is 5.45. The van der Waals surface area contributed by atoms with Gasteiger partial charge in [0.2, 0.25) is 0 Å². The Bertz CT molecular complexity index is 1210. The molecule has 1 amide bonds. The van der Waals surface area contributed by atoms with E-state index in [1.54, 1.807) is 19.1 Å². The zero-order valence-electron chi connectivity index (χ0n) is 19.5. The molecule has 34 heavy (non-hydrogen) atoms. The summed E-state index contributed by atoms with van der Waals surface area (Å²) in [5, 5.41) is 3.19. The second-order valence-corrected chi connectivity index (χ2v) is 11.6. The summed E-state index contributed by atoms with van der Waals surface area (Å²) in [6.07, 6.45) is 1.64. The molecule has 0 radical (unpaired) electrons. The molecule has 0 saturated carbocycles. The van der Waals surface area contributed by atoms with Crippen molar-refractivity contribution >= 4 is 32.8 Å². The van der Waals surface area contributed by atoms with Gasteiger partial charge in [-0.25, -0.2) is 8.42 Å². The SMILES string of the molecule is CCOc1cc(-c2ccccc2)sc1C(=O)NC1CCN(c2ccc(S(=O)(=O)CC)cc2)CC1. The fourth-order valence-electron chi connectivity index (χ4n) is 4.10. The standard InChI is InChI=1S/C26H30N2O4S2/c1-3-32-23-18-24(19-8-6-5-7-9-19)33-25(23)26(29)27-20-14-16-28(17-15-20)21-10-12-22(13-11-21)34(30,31)4-2/h5-13,18,20H,3-4,14-17H2,1-2H3,(H,27,29). The first-order valence-corrected chi connectivity index (χ1v) is 14.1. The summed E-state index contributed by atoms with van der Waals surface area (Å²) in [5.41, 5.74) is 2.07. The Kier molecular flexibility index (Phi) is 7.58. The van der Waals surface area contributed by atoms with Crippen molar-refractivity contribution in [2.45, 2.75) is 37.6 Å². The third-order valence-corrected chi connectivity index (χ3v) is 8.95. The number of hydrogen-bond acceptors (Lipinski definition) is 6. The molecule has 0 spiro atoms. The van der Waals surface area contributed by atoms with Crippen LogP contribution in [-0.4, -0.2) is 45.8 Å². The van der Waals surface area contributed by atoms with E-state index in [2.05, 4.69) is 10.2 Å². The highest BCUT2D eigenvalue weighted by Gasteiger charge is 2.25. The fourth-order valence-corrected chi connectivity index (χ4v) is 6.00. The number of anilines is 1. The fraction of sp³-hybridized carbons (Fsp3) is 0.346. The number of carbonyl (C=O) groups excluding carboxylic acids is 1. The monoisotopic (exact) mass is 498 g/mol. The second kappa shape index (κ2) is 10.6. The van der Waals surface area contributed by atoms with E-state index >= 15 is 0 Å². The van der Waals surface area contributed by atoms with Crippen LogP contribution < -0.4 is 15.0 Å². The molecule has 0 unspecified atom stereocenters. The lowest BCUT2D eigenvalue weighted by Gasteiger charge is -2.34. The zero-order chi connectivity index (χ0) is 24.1. The number of benzene rings is 2. The molecule has 0 bridgehead atoms. The zero-order valence-corrected chi connectivity index (χ0v) is 21.1. The lowest BCUT2D eigenvalue weighted by atomic mass is 10.0. The molecular weight excluding hydrogens is 468 g/mol. The number of thiophene rings is 1. The number of piperidine rings is 1. The lowest BCUT2D eigenvalue weighted by molar-refractivity contribution is 0.0932. The summed E-state index contributed by atoms with van der Waals surface area (Å²) in [6, 6.07) is 19.1. The Morgan fingerprint density at radius 2 is 1.74 bits per heavy atom. The highest BCUT2D eigenvalue weighted by molar-refractivity contribution is 7.91. The van der Waals surface area contributed by atoms with E-state index in [1.165, 1.54) is 11.3 Å². The van der Waals surface area contributed by atoms with Crippen molar-refractivity contribution in [1.29, 1.82) is 0 Å². The Balaban J connectivity index is 1.39. The number of carbonyl (C=O) groups is 1. The predicted octanol–water partition coefficient (Wildman–Crippen LogP) is 5.01. The molecule has 1 aliphatic heterocycles. The maximum atomic E-state index is 13.1. The molecule has 0 aliphatic carbocycles. The van der Waals surface area contributed by atoms with Gasteiger partial charge in [-0.3, -0.25) is 4.79 Å². The summed E-state index contributed by atoms with van der Waals surface area (Å²) in [7, 11) is -3.19. The molecule has 1 aromatic heterocycles. The van der Waals surface area contributed by atoms with Crippen LogP contribution in [0.2, 0.25) is 0 Å². The molecule has 0 atom stereocenters. The van der Waals surface area contributed by atoms with E-state index in [0.29, 0.717) is 22.1 Å². The second-order valence-electron chi connectivity index (χ2n) is 8.24. The van der Waals surface area contributed by atoms with Crippen molar-refractivity contribution in [3.8, 4) is 16.2 Å². The molecule has 6 nitrogen and oxygen atoms in total. The van der Waals surface area contributed by atoms with Gasteiger partial charge in [0.1, 0.15) is 10.6 Å². The molecule has 2 aromatic carbocycles. The Hall–Kier alpha value is -2.84. The van der Waals surface area contributed by atoms with Crippen molar-refractivity contribution in [3.05, 3.63) is 65.5 Å². The van der Waals surface area contributed by atoms with Crippen molar-refractivity contribution in [1.82, 2.24) is 5.32 Å². The van der Waals surface area contributed by atoms with Crippen LogP contribution in [0.25, 0.3) is 10.4 Å². The van der Waals surface area contributed by atoms with E-state index in [0.717, 1.165) is 42.1 Å². The van der Waals surface area contributed by atoms with Crippen LogP contribution in [0.3, 0.4) is 0 Å². The van der Waals surface area contributed by atoms with Crippen LogP contribution in [0.1, 0.15) is 36.4 Å². The minimum absolute atomic E-state index is 0.0836. The quantitative estimate of drug-likeness (QED) is 0.473. The first-order valence-electron chi connectivity index (χ1n) is 11.6. The van der Waals surface area contributed by atoms with Gasteiger partial charge in [-0.15, -0.1) is 11.3 Å². The Labute approximate surface area is 205 Å². The largest absolute Gasteiger partial charge is 0.492 e. The number of ether oxygens (including phenoxy) is 1.